The highest BCUT2D eigenvalue weighted by molar-refractivity contribution is 6.41. The van der Waals surface area contributed by atoms with Gasteiger partial charge in [0.25, 0.3) is 0 Å². The van der Waals surface area contributed by atoms with Crippen molar-refractivity contribution in [3.63, 3.8) is 0 Å². The predicted molar refractivity (Wildman–Crippen MR) is 90.4 cm³/mol. The van der Waals surface area contributed by atoms with Crippen LogP contribution in [0.15, 0.2) is 36.5 Å². The number of halogens is 3. The minimum Gasteiger partial charge on any atom is -0.506 e. The number of aromatic nitrogens is 1. The smallest absolute Gasteiger partial charge is 0.141 e. The number of methoxy groups -OCH3 is 1. The van der Waals surface area contributed by atoms with Gasteiger partial charge in [-0.05, 0) is 23.1 Å². The number of aromatic hydroxyl groups is 1. The molecule has 3 rings (SSSR count). The highest BCUT2D eigenvalue weighted by Crippen LogP contribution is 2.45. The van der Waals surface area contributed by atoms with Crippen molar-refractivity contribution < 1.29 is 9.84 Å². The number of rotatable bonds is 2. The Kier molecular flexibility index (Phi) is 4.04. The van der Waals surface area contributed by atoms with E-state index in [4.69, 9.17) is 39.5 Å². The lowest BCUT2D eigenvalue weighted by atomic mass is 10.0. The summed E-state index contributed by atoms with van der Waals surface area (Å²) in [5, 5.41) is 12.7. The van der Waals surface area contributed by atoms with Crippen LogP contribution in [0.2, 0.25) is 15.2 Å². The molecule has 1 aromatic heterocycles. The van der Waals surface area contributed by atoms with Gasteiger partial charge >= 0.3 is 0 Å². The molecule has 0 bridgehead atoms. The van der Waals surface area contributed by atoms with Gasteiger partial charge in [-0.3, -0.25) is 0 Å². The summed E-state index contributed by atoms with van der Waals surface area (Å²) in [6.45, 7) is 0. The average molecular weight is 355 g/mol. The minimum absolute atomic E-state index is 0.0905. The zero-order valence-corrected chi connectivity index (χ0v) is 13.7. The van der Waals surface area contributed by atoms with Crippen LogP contribution < -0.4 is 4.74 Å². The van der Waals surface area contributed by atoms with Crippen molar-refractivity contribution in [3.05, 3.63) is 51.7 Å². The summed E-state index contributed by atoms with van der Waals surface area (Å²) < 4.78 is 5.17. The second-order valence-corrected chi connectivity index (χ2v) is 5.81. The van der Waals surface area contributed by atoms with Crippen LogP contribution in [0.4, 0.5) is 0 Å². The zero-order chi connectivity index (χ0) is 15.9. The molecule has 0 atom stereocenters. The molecule has 0 unspecified atom stereocenters. The fraction of sp³-hybridized carbons (Fsp3) is 0.0625. The molecule has 0 amide bonds. The van der Waals surface area contributed by atoms with Gasteiger partial charge in [-0.1, -0.05) is 46.9 Å². The van der Waals surface area contributed by atoms with Gasteiger partial charge in [0, 0.05) is 23.2 Å². The van der Waals surface area contributed by atoms with Crippen molar-refractivity contribution in [1.82, 2.24) is 4.98 Å². The molecule has 1 heterocycles. The van der Waals surface area contributed by atoms with E-state index in [0.29, 0.717) is 21.5 Å². The molecule has 0 aliphatic heterocycles. The Bertz CT molecular complexity index is 881. The maximum Gasteiger partial charge on any atom is 0.141 e. The number of hydrogen-bond acceptors (Lipinski definition) is 3. The average Bonchev–Trinajstić information content (AvgIpc) is 2.51. The highest BCUT2D eigenvalue weighted by Gasteiger charge is 2.18. The van der Waals surface area contributed by atoms with E-state index < -0.39 is 0 Å². The SMILES string of the molecule is COc1cc(O)c(Cl)c(-c2ccc3cc(Cl)ncc3c2)c1Cl. The summed E-state index contributed by atoms with van der Waals surface area (Å²) in [5.74, 6) is 0.264. The molecule has 0 saturated heterocycles. The van der Waals surface area contributed by atoms with Crippen LogP contribution >= 0.6 is 34.8 Å². The van der Waals surface area contributed by atoms with Crippen LogP contribution in [-0.4, -0.2) is 17.2 Å². The number of pyridine rings is 1. The Balaban J connectivity index is 2.27. The first-order valence-electron chi connectivity index (χ1n) is 6.32. The lowest BCUT2D eigenvalue weighted by Crippen LogP contribution is -1.90. The molecule has 0 fully saturated rings. The van der Waals surface area contributed by atoms with Crippen molar-refractivity contribution in [2.24, 2.45) is 0 Å². The van der Waals surface area contributed by atoms with Crippen LogP contribution in [0.1, 0.15) is 0 Å². The fourth-order valence-electron chi connectivity index (χ4n) is 2.27. The van der Waals surface area contributed by atoms with Crippen molar-refractivity contribution in [3.8, 4) is 22.6 Å². The van der Waals surface area contributed by atoms with Crippen LogP contribution in [0.5, 0.6) is 11.5 Å². The van der Waals surface area contributed by atoms with Gasteiger partial charge in [-0.25, -0.2) is 4.98 Å². The summed E-state index contributed by atoms with van der Waals surface area (Å²) in [4.78, 5) is 4.06. The summed E-state index contributed by atoms with van der Waals surface area (Å²) >= 11 is 18.4. The van der Waals surface area contributed by atoms with Gasteiger partial charge in [-0.2, -0.15) is 0 Å². The Hall–Kier alpha value is -1.68. The summed E-state index contributed by atoms with van der Waals surface area (Å²) in [6, 6.07) is 8.78. The van der Waals surface area contributed by atoms with E-state index in [1.54, 1.807) is 12.3 Å². The molecule has 0 saturated carbocycles. The van der Waals surface area contributed by atoms with Crippen molar-refractivity contribution in [1.29, 1.82) is 0 Å². The van der Waals surface area contributed by atoms with E-state index in [9.17, 15) is 5.11 Å². The highest BCUT2D eigenvalue weighted by atomic mass is 35.5. The molecule has 3 nitrogen and oxygen atoms in total. The number of ether oxygens (including phenoxy) is 1. The number of hydrogen-bond donors (Lipinski definition) is 1. The molecule has 22 heavy (non-hydrogen) atoms. The van der Waals surface area contributed by atoms with Crippen LogP contribution in [0.3, 0.4) is 0 Å². The van der Waals surface area contributed by atoms with Crippen LogP contribution in [-0.2, 0) is 0 Å². The maximum atomic E-state index is 9.95. The monoisotopic (exact) mass is 353 g/mol. The summed E-state index contributed by atoms with van der Waals surface area (Å²) in [6.07, 6.45) is 1.67. The third-order valence-corrected chi connectivity index (χ3v) is 4.31. The van der Waals surface area contributed by atoms with E-state index >= 15 is 0 Å². The molecule has 0 aliphatic rings. The van der Waals surface area contributed by atoms with Crippen molar-refractivity contribution >= 4 is 45.6 Å². The molecular formula is C16H10Cl3NO2. The number of phenols is 1. The molecule has 0 aliphatic carbocycles. The standard InChI is InChI=1S/C16H10Cl3NO2/c1-22-12-6-11(21)15(18)14(16(12)19)9-3-2-8-5-13(17)20-7-10(8)4-9/h2-7,21H,1H3. The maximum absolute atomic E-state index is 9.95. The van der Waals surface area contributed by atoms with E-state index in [2.05, 4.69) is 4.98 Å². The quantitative estimate of drug-likeness (QED) is 0.611. The van der Waals surface area contributed by atoms with Gasteiger partial charge in [0.1, 0.15) is 16.7 Å². The van der Waals surface area contributed by atoms with Crippen LogP contribution in [0.25, 0.3) is 21.9 Å². The van der Waals surface area contributed by atoms with Crippen molar-refractivity contribution in [2.75, 3.05) is 7.11 Å². The third-order valence-electron chi connectivity index (χ3n) is 3.34. The normalized spacial score (nSPS) is 10.9. The topological polar surface area (TPSA) is 42.4 Å². The second-order valence-electron chi connectivity index (χ2n) is 4.67. The summed E-state index contributed by atoms with van der Waals surface area (Å²) in [7, 11) is 1.48. The molecule has 2 aromatic carbocycles. The molecule has 1 N–H and O–H groups in total. The Morgan fingerprint density at radius 1 is 1.00 bits per heavy atom. The third kappa shape index (κ3) is 2.56. The van der Waals surface area contributed by atoms with Crippen molar-refractivity contribution in [2.45, 2.75) is 0 Å². The number of benzene rings is 2. The molecule has 0 spiro atoms. The number of phenolic OH excluding ortho intramolecular Hbond substituents is 1. The van der Waals surface area contributed by atoms with Gasteiger partial charge in [-0.15, -0.1) is 0 Å². The first kappa shape index (κ1) is 15.2. The molecule has 112 valence electrons. The van der Waals surface area contributed by atoms with Gasteiger partial charge in [0.2, 0.25) is 0 Å². The fourth-order valence-corrected chi connectivity index (χ4v) is 3.08. The first-order valence-corrected chi connectivity index (χ1v) is 7.45. The molecule has 3 aromatic rings. The molecule has 0 radical (unpaired) electrons. The number of nitrogens with zero attached hydrogens (tertiary/aromatic N) is 1. The summed E-state index contributed by atoms with van der Waals surface area (Å²) in [5.41, 5.74) is 1.26. The Morgan fingerprint density at radius 2 is 1.77 bits per heavy atom. The zero-order valence-electron chi connectivity index (χ0n) is 11.4. The van der Waals surface area contributed by atoms with E-state index in [-0.39, 0.29) is 10.8 Å². The largest absolute Gasteiger partial charge is 0.506 e. The predicted octanol–water partition coefficient (Wildman–Crippen LogP) is 5.58. The molecular weight excluding hydrogens is 345 g/mol. The van der Waals surface area contributed by atoms with E-state index in [1.165, 1.54) is 13.2 Å². The lowest BCUT2D eigenvalue weighted by Gasteiger charge is -2.13. The Morgan fingerprint density at radius 3 is 2.50 bits per heavy atom. The van der Waals surface area contributed by atoms with Crippen LogP contribution in [0, 0.1) is 0 Å². The Labute approximate surface area is 142 Å². The van der Waals surface area contributed by atoms with E-state index in [1.807, 2.05) is 18.2 Å². The van der Waals surface area contributed by atoms with Gasteiger partial charge in [0.15, 0.2) is 0 Å². The second kappa shape index (κ2) is 5.84. The minimum atomic E-state index is -0.0905. The lowest BCUT2D eigenvalue weighted by molar-refractivity contribution is 0.408. The van der Waals surface area contributed by atoms with E-state index in [0.717, 1.165) is 16.3 Å². The van der Waals surface area contributed by atoms with Gasteiger partial charge < -0.3 is 9.84 Å². The first-order chi connectivity index (χ1) is 10.5. The number of fused-ring (bicyclic) bond motifs is 1. The molecule has 6 heteroatoms. The van der Waals surface area contributed by atoms with Gasteiger partial charge in [0.05, 0.1) is 17.2 Å².